The van der Waals surface area contributed by atoms with Crippen molar-refractivity contribution in [2.24, 2.45) is 5.92 Å². The molecule has 3 saturated heterocycles. The van der Waals surface area contributed by atoms with E-state index in [0.717, 1.165) is 52.0 Å². The van der Waals surface area contributed by atoms with Crippen molar-refractivity contribution in [2.75, 3.05) is 33.0 Å². The molecule has 1 N–H and O–H groups in total. The predicted octanol–water partition coefficient (Wildman–Crippen LogP) is 1.42. The van der Waals surface area contributed by atoms with Gasteiger partial charge in [0.1, 0.15) is 0 Å². The van der Waals surface area contributed by atoms with Crippen LogP contribution in [0.15, 0.2) is 0 Å². The summed E-state index contributed by atoms with van der Waals surface area (Å²) >= 11 is 0. The summed E-state index contributed by atoms with van der Waals surface area (Å²) in [6.45, 7) is 6.26. The molecule has 0 aromatic rings. The van der Waals surface area contributed by atoms with Crippen molar-refractivity contribution in [2.45, 2.75) is 56.7 Å². The number of rotatable bonds is 2. The zero-order chi connectivity index (χ0) is 13.3. The molecule has 0 saturated carbocycles. The number of nitrogens with zero attached hydrogens (tertiary/aromatic N) is 1. The minimum atomic E-state index is 0.0625. The van der Waals surface area contributed by atoms with E-state index in [1.807, 2.05) is 0 Å². The van der Waals surface area contributed by atoms with Crippen LogP contribution < -0.4 is 0 Å². The SMILES string of the molecule is CC1CCN(C2CCOC3(CCOCC3)C2)C1CO. The highest BCUT2D eigenvalue weighted by Crippen LogP contribution is 2.38. The lowest BCUT2D eigenvalue weighted by Gasteiger charge is -2.47. The van der Waals surface area contributed by atoms with Gasteiger partial charge in [-0.05, 0) is 44.6 Å². The zero-order valence-electron chi connectivity index (χ0n) is 12.0. The molecule has 19 heavy (non-hydrogen) atoms. The molecule has 3 rings (SSSR count). The molecule has 4 nitrogen and oxygen atoms in total. The van der Waals surface area contributed by atoms with Gasteiger partial charge in [-0.1, -0.05) is 6.92 Å². The summed E-state index contributed by atoms with van der Waals surface area (Å²) in [5, 5.41) is 9.65. The average Bonchev–Trinajstić information content (AvgIpc) is 2.81. The second kappa shape index (κ2) is 5.68. The second-order valence-corrected chi connectivity index (χ2v) is 6.54. The number of hydrogen-bond acceptors (Lipinski definition) is 4. The molecule has 0 bridgehead atoms. The molecule has 3 unspecified atom stereocenters. The highest BCUT2D eigenvalue weighted by Gasteiger charge is 2.44. The lowest BCUT2D eigenvalue weighted by Crippen LogP contribution is -2.53. The van der Waals surface area contributed by atoms with E-state index >= 15 is 0 Å². The van der Waals surface area contributed by atoms with Gasteiger partial charge in [-0.25, -0.2) is 0 Å². The fraction of sp³-hybridized carbons (Fsp3) is 1.00. The molecule has 3 fully saturated rings. The molecule has 0 radical (unpaired) electrons. The highest BCUT2D eigenvalue weighted by atomic mass is 16.5. The van der Waals surface area contributed by atoms with Crippen molar-refractivity contribution in [3.63, 3.8) is 0 Å². The van der Waals surface area contributed by atoms with Crippen molar-refractivity contribution in [3.8, 4) is 0 Å². The van der Waals surface area contributed by atoms with Crippen molar-refractivity contribution < 1.29 is 14.6 Å². The first-order valence-electron chi connectivity index (χ1n) is 7.82. The molecule has 0 aromatic carbocycles. The Morgan fingerprint density at radius 3 is 2.74 bits per heavy atom. The van der Waals surface area contributed by atoms with E-state index in [0.29, 0.717) is 24.6 Å². The lowest BCUT2D eigenvalue weighted by atomic mass is 9.83. The van der Waals surface area contributed by atoms with Crippen LogP contribution >= 0.6 is 0 Å². The van der Waals surface area contributed by atoms with Crippen LogP contribution in [0.3, 0.4) is 0 Å². The number of aliphatic hydroxyl groups excluding tert-OH is 1. The zero-order valence-corrected chi connectivity index (χ0v) is 12.0. The smallest absolute Gasteiger partial charge is 0.0741 e. The molecule has 0 aromatic heterocycles. The van der Waals surface area contributed by atoms with E-state index < -0.39 is 0 Å². The van der Waals surface area contributed by atoms with Crippen LogP contribution in [0.25, 0.3) is 0 Å². The first-order chi connectivity index (χ1) is 9.24. The first-order valence-corrected chi connectivity index (χ1v) is 7.82. The standard InChI is InChI=1S/C15H27NO3/c1-12-2-6-16(14(12)11-17)13-3-7-19-15(10-13)4-8-18-9-5-15/h12-14,17H,2-11H2,1H3. The summed E-state index contributed by atoms with van der Waals surface area (Å²) in [7, 11) is 0. The van der Waals surface area contributed by atoms with Gasteiger partial charge in [0.15, 0.2) is 0 Å². The van der Waals surface area contributed by atoms with E-state index in [1.165, 1.54) is 6.42 Å². The fourth-order valence-electron chi connectivity index (χ4n) is 4.15. The van der Waals surface area contributed by atoms with Gasteiger partial charge in [-0.3, -0.25) is 4.90 Å². The number of likely N-dealkylation sites (tertiary alicyclic amines) is 1. The normalized spacial score (nSPS) is 39.8. The van der Waals surface area contributed by atoms with Crippen LogP contribution in [-0.4, -0.2) is 60.7 Å². The average molecular weight is 269 g/mol. The third-order valence-electron chi connectivity index (χ3n) is 5.45. The van der Waals surface area contributed by atoms with Gasteiger partial charge < -0.3 is 14.6 Å². The topological polar surface area (TPSA) is 41.9 Å². The van der Waals surface area contributed by atoms with Crippen LogP contribution in [0.2, 0.25) is 0 Å². The van der Waals surface area contributed by atoms with Crippen LogP contribution in [0.1, 0.15) is 39.0 Å². The highest BCUT2D eigenvalue weighted by molar-refractivity contribution is 4.96. The Bertz CT molecular complexity index is 298. The molecule has 3 atom stereocenters. The van der Waals surface area contributed by atoms with Gasteiger partial charge in [0.2, 0.25) is 0 Å². The molecule has 3 heterocycles. The maximum Gasteiger partial charge on any atom is 0.0741 e. The lowest BCUT2D eigenvalue weighted by molar-refractivity contribution is -0.153. The van der Waals surface area contributed by atoms with Gasteiger partial charge >= 0.3 is 0 Å². The molecule has 0 amide bonds. The summed E-state index contributed by atoms with van der Waals surface area (Å²) in [5.74, 6) is 0.624. The van der Waals surface area contributed by atoms with Gasteiger partial charge in [-0.2, -0.15) is 0 Å². The minimum absolute atomic E-state index is 0.0625. The van der Waals surface area contributed by atoms with Crippen LogP contribution in [0.5, 0.6) is 0 Å². The van der Waals surface area contributed by atoms with Crippen molar-refractivity contribution in [1.29, 1.82) is 0 Å². The maximum absolute atomic E-state index is 9.65. The Morgan fingerprint density at radius 2 is 2.00 bits per heavy atom. The second-order valence-electron chi connectivity index (χ2n) is 6.54. The van der Waals surface area contributed by atoms with Gasteiger partial charge in [0.25, 0.3) is 0 Å². The Balaban J connectivity index is 1.67. The van der Waals surface area contributed by atoms with E-state index in [1.54, 1.807) is 0 Å². The Hall–Kier alpha value is -0.160. The summed E-state index contributed by atoms with van der Waals surface area (Å²) in [6, 6.07) is 0.953. The quantitative estimate of drug-likeness (QED) is 0.823. The Morgan fingerprint density at radius 1 is 1.21 bits per heavy atom. The van der Waals surface area contributed by atoms with Gasteiger partial charge in [0, 0.05) is 31.9 Å². The molecule has 1 spiro atoms. The number of hydrogen-bond donors (Lipinski definition) is 1. The van der Waals surface area contributed by atoms with Crippen LogP contribution in [-0.2, 0) is 9.47 Å². The fourth-order valence-corrected chi connectivity index (χ4v) is 4.15. The van der Waals surface area contributed by atoms with Gasteiger partial charge in [0.05, 0.1) is 12.2 Å². The summed E-state index contributed by atoms with van der Waals surface area (Å²) in [5.41, 5.74) is 0.0625. The Labute approximate surface area is 116 Å². The molecule has 3 aliphatic rings. The number of aliphatic hydroxyl groups is 1. The molecular weight excluding hydrogens is 242 g/mol. The molecular formula is C15H27NO3. The predicted molar refractivity (Wildman–Crippen MR) is 73.1 cm³/mol. The molecule has 0 aliphatic carbocycles. The van der Waals surface area contributed by atoms with E-state index in [-0.39, 0.29) is 5.60 Å². The van der Waals surface area contributed by atoms with E-state index in [9.17, 15) is 5.11 Å². The summed E-state index contributed by atoms with van der Waals surface area (Å²) < 4.78 is 11.6. The largest absolute Gasteiger partial charge is 0.395 e. The van der Waals surface area contributed by atoms with Gasteiger partial charge in [-0.15, -0.1) is 0 Å². The molecule has 110 valence electrons. The Kier molecular flexibility index (Phi) is 4.13. The third-order valence-corrected chi connectivity index (χ3v) is 5.45. The van der Waals surface area contributed by atoms with Crippen molar-refractivity contribution >= 4 is 0 Å². The van der Waals surface area contributed by atoms with E-state index in [4.69, 9.17) is 9.47 Å². The molecule has 3 aliphatic heterocycles. The minimum Gasteiger partial charge on any atom is -0.395 e. The van der Waals surface area contributed by atoms with Crippen LogP contribution in [0, 0.1) is 5.92 Å². The monoisotopic (exact) mass is 269 g/mol. The summed E-state index contributed by atoms with van der Waals surface area (Å²) in [4.78, 5) is 2.56. The van der Waals surface area contributed by atoms with Crippen molar-refractivity contribution in [1.82, 2.24) is 4.90 Å². The molecule has 4 heteroatoms. The maximum atomic E-state index is 9.65. The van der Waals surface area contributed by atoms with Crippen LogP contribution in [0.4, 0.5) is 0 Å². The third kappa shape index (κ3) is 2.68. The van der Waals surface area contributed by atoms with E-state index in [2.05, 4.69) is 11.8 Å². The number of ether oxygens (including phenoxy) is 2. The first kappa shape index (κ1) is 13.8. The summed E-state index contributed by atoms with van der Waals surface area (Å²) in [6.07, 6.45) is 5.54. The van der Waals surface area contributed by atoms with Crippen molar-refractivity contribution in [3.05, 3.63) is 0 Å².